The van der Waals surface area contributed by atoms with Crippen LogP contribution in [-0.2, 0) is 14.8 Å². The maximum Gasteiger partial charge on any atom is 0.285 e. The Bertz CT molecular complexity index is 913. The Labute approximate surface area is 151 Å². The van der Waals surface area contributed by atoms with Crippen molar-refractivity contribution in [2.45, 2.75) is 4.90 Å². The normalized spacial score (nSPS) is 15.1. The third-order valence-corrected chi connectivity index (χ3v) is 5.65. The molecule has 12 heteroatoms. The topological polar surface area (TPSA) is 101 Å². The lowest BCUT2D eigenvalue weighted by Crippen LogP contribution is -2.42. The minimum Gasteiger partial charge on any atom is -0.378 e. The number of carbonyl (C=O) groups excluding carboxylic acids is 1. The Balaban J connectivity index is 1.66. The molecule has 0 unspecified atom stereocenters. The number of halogens is 2. The van der Waals surface area contributed by atoms with Crippen LogP contribution < -0.4 is 15.2 Å². The molecule has 26 heavy (non-hydrogen) atoms. The third kappa shape index (κ3) is 4.15. The van der Waals surface area contributed by atoms with Crippen molar-refractivity contribution >= 4 is 32.4 Å². The van der Waals surface area contributed by atoms with Crippen molar-refractivity contribution in [3.8, 4) is 0 Å². The quantitative estimate of drug-likeness (QED) is 0.718. The maximum absolute atomic E-state index is 13.6. The number of nitrogens with zero attached hydrogens (tertiary/aromatic N) is 2. The van der Waals surface area contributed by atoms with Crippen LogP contribution >= 0.6 is 11.3 Å². The number of carbonyl (C=O) groups is 1. The van der Waals surface area contributed by atoms with Crippen molar-refractivity contribution in [2.75, 3.05) is 31.2 Å². The molecule has 0 radical (unpaired) electrons. The molecule has 1 amide bonds. The Morgan fingerprint density at radius 2 is 2.00 bits per heavy atom. The summed E-state index contributed by atoms with van der Waals surface area (Å²) in [6.07, 6.45) is 0. The molecular formula is C14H14F2N4O4S2. The number of sulfonamides is 1. The molecular weight excluding hydrogens is 390 g/mol. The van der Waals surface area contributed by atoms with Gasteiger partial charge in [0.05, 0.1) is 13.2 Å². The second-order valence-electron chi connectivity index (χ2n) is 5.25. The first-order valence-corrected chi connectivity index (χ1v) is 9.78. The van der Waals surface area contributed by atoms with Crippen LogP contribution in [0.15, 0.2) is 28.5 Å². The lowest BCUT2D eigenvalue weighted by molar-refractivity contribution is 0.0940. The van der Waals surface area contributed by atoms with Crippen LogP contribution in [0.2, 0.25) is 0 Å². The zero-order chi connectivity index (χ0) is 18.7. The van der Waals surface area contributed by atoms with E-state index in [0.717, 1.165) is 6.07 Å². The number of hydrogen-bond acceptors (Lipinski definition) is 7. The molecule has 8 nitrogen and oxygen atoms in total. The Kier molecular flexibility index (Phi) is 5.46. The number of hydrogen-bond donors (Lipinski definition) is 2. The zero-order valence-electron chi connectivity index (χ0n) is 13.2. The number of aromatic nitrogens is 1. The van der Waals surface area contributed by atoms with Crippen molar-refractivity contribution in [1.82, 2.24) is 15.2 Å². The molecule has 1 aliphatic rings. The summed E-state index contributed by atoms with van der Waals surface area (Å²) in [4.78, 5) is 19.0. The van der Waals surface area contributed by atoms with E-state index in [0.29, 0.717) is 43.6 Å². The average molecular weight is 404 g/mol. The molecule has 2 aromatic rings. The van der Waals surface area contributed by atoms with E-state index in [1.54, 1.807) is 4.83 Å². The summed E-state index contributed by atoms with van der Waals surface area (Å²) in [7, 11) is -4.48. The molecule has 2 N–H and O–H groups in total. The summed E-state index contributed by atoms with van der Waals surface area (Å²) < 4.78 is 56.0. The van der Waals surface area contributed by atoms with Gasteiger partial charge in [-0.1, -0.05) is 0 Å². The monoisotopic (exact) mass is 404 g/mol. The largest absolute Gasteiger partial charge is 0.378 e. The maximum atomic E-state index is 13.6. The van der Waals surface area contributed by atoms with Crippen molar-refractivity contribution in [2.24, 2.45) is 0 Å². The number of benzene rings is 1. The summed E-state index contributed by atoms with van der Waals surface area (Å²) in [6, 6.07) is 1.99. The minimum absolute atomic E-state index is 0.00101. The van der Waals surface area contributed by atoms with Gasteiger partial charge in [-0.2, -0.15) is 0 Å². The van der Waals surface area contributed by atoms with Crippen molar-refractivity contribution in [3.05, 3.63) is 40.9 Å². The van der Waals surface area contributed by atoms with Crippen molar-refractivity contribution < 1.29 is 26.7 Å². The number of thiazole rings is 1. The lowest BCUT2D eigenvalue weighted by Gasteiger charge is -2.25. The van der Waals surface area contributed by atoms with Gasteiger partial charge in [0.15, 0.2) is 5.13 Å². The van der Waals surface area contributed by atoms with Gasteiger partial charge in [-0.3, -0.25) is 10.2 Å². The molecule has 140 valence electrons. The zero-order valence-corrected chi connectivity index (χ0v) is 14.9. The van der Waals surface area contributed by atoms with Crippen molar-refractivity contribution in [1.29, 1.82) is 0 Å². The third-order valence-electron chi connectivity index (χ3n) is 3.49. The number of rotatable bonds is 5. The van der Waals surface area contributed by atoms with E-state index in [4.69, 9.17) is 4.74 Å². The second kappa shape index (κ2) is 7.61. The van der Waals surface area contributed by atoms with E-state index >= 15 is 0 Å². The Hall–Kier alpha value is -2.15. The number of hydrazine groups is 1. The Morgan fingerprint density at radius 1 is 1.27 bits per heavy atom. The first-order valence-electron chi connectivity index (χ1n) is 7.42. The fourth-order valence-electron chi connectivity index (χ4n) is 2.18. The van der Waals surface area contributed by atoms with Gasteiger partial charge in [-0.15, -0.1) is 16.2 Å². The SMILES string of the molecule is O=C(NNS(=O)(=O)c1cc(F)ccc1F)c1csc(N2CCOCC2)n1. The average Bonchev–Trinajstić information content (AvgIpc) is 3.13. The number of amides is 1. The van der Waals surface area contributed by atoms with E-state index in [-0.39, 0.29) is 5.69 Å². The van der Waals surface area contributed by atoms with E-state index < -0.39 is 32.5 Å². The van der Waals surface area contributed by atoms with Gasteiger partial charge in [0, 0.05) is 18.5 Å². The first kappa shape index (κ1) is 18.6. The molecule has 0 atom stereocenters. The highest BCUT2D eigenvalue weighted by molar-refractivity contribution is 7.89. The van der Waals surface area contributed by atoms with E-state index in [1.165, 1.54) is 16.7 Å². The van der Waals surface area contributed by atoms with Gasteiger partial charge in [0.1, 0.15) is 22.2 Å². The molecule has 1 saturated heterocycles. The predicted octanol–water partition coefficient (Wildman–Crippen LogP) is 0.881. The van der Waals surface area contributed by atoms with E-state index in [9.17, 15) is 22.0 Å². The van der Waals surface area contributed by atoms with Gasteiger partial charge in [0.25, 0.3) is 15.9 Å². The Morgan fingerprint density at radius 3 is 2.73 bits per heavy atom. The van der Waals surface area contributed by atoms with Crippen LogP contribution in [-0.4, -0.2) is 45.6 Å². The number of anilines is 1. The molecule has 2 heterocycles. The summed E-state index contributed by atoms with van der Waals surface area (Å²) in [5.74, 6) is -2.88. The summed E-state index contributed by atoms with van der Waals surface area (Å²) in [5.41, 5.74) is 1.93. The van der Waals surface area contributed by atoms with Crippen LogP contribution in [0.3, 0.4) is 0 Å². The van der Waals surface area contributed by atoms with Gasteiger partial charge in [-0.25, -0.2) is 22.2 Å². The molecule has 0 bridgehead atoms. The fraction of sp³-hybridized carbons (Fsp3) is 0.286. The molecule has 0 aliphatic carbocycles. The standard InChI is InChI=1S/C14H14F2N4O4S2/c15-9-1-2-10(16)12(7-9)26(22,23)19-18-13(21)11-8-25-14(17-11)20-3-5-24-6-4-20/h1-2,7-8,19H,3-6H2,(H,18,21). The first-order chi connectivity index (χ1) is 12.4. The molecule has 1 aromatic heterocycles. The summed E-state index contributed by atoms with van der Waals surface area (Å²) in [5, 5.41) is 2.08. The highest BCUT2D eigenvalue weighted by Gasteiger charge is 2.22. The molecule has 1 fully saturated rings. The second-order valence-corrected chi connectivity index (χ2v) is 7.74. The van der Waals surface area contributed by atoms with Crippen LogP contribution in [0.4, 0.5) is 13.9 Å². The van der Waals surface area contributed by atoms with Crippen LogP contribution in [0, 0.1) is 11.6 Å². The molecule has 0 saturated carbocycles. The minimum atomic E-state index is -4.48. The molecule has 3 rings (SSSR count). The fourth-order valence-corrected chi connectivity index (χ4v) is 3.97. The van der Waals surface area contributed by atoms with Gasteiger partial charge in [-0.05, 0) is 18.2 Å². The molecule has 1 aromatic carbocycles. The van der Waals surface area contributed by atoms with E-state index in [2.05, 4.69) is 4.98 Å². The molecule has 1 aliphatic heterocycles. The highest BCUT2D eigenvalue weighted by atomic mass is 32.2. The van der Waals surface area contributed by atoms with Crippen LogP contribution in [0.1, 0.15) is 10.5 Å². The predicted molar refractivity (Wildman–Crippen MR) is 89.3 cm³/mol. The number of nitrogens with one attached hydrogen (secondary N) is 2. The lowest BCUT2D eigenvalue weighted by atomic mass is 10.3. The van der Waals surface area contributed by atoms with Crippen LogP contribution in [0.25, 0.3) is 0 Å². The smallest absolute Gasteiger partial charge is 0.285 e. The summed E-state index contributed by atoms with van der Waals surface area (Å²) in [6.45, 7) is 2.39. The van der Waals surface area contributed by atoms with E-state index in [1.807, 2.05) is 10.3 Å². The summed E-state index contributed by atoms with van der Waals surface area (Å²) >= 11 is 1.23. The highest BCUT2D eigenvalue weighted by Crippen LogP contribution is 2.21. The number of morpholine rings is 1. The van der Waals surface area contributed by atoms with Crippen molar-refractivity contribution in [3.63, 3.8) is 0 Å². The van der Waals surface area contributed by atoms with Gasteiger partial charge >= 0.3 is 0 Å². The molecule has 0 spiro atoms. The number of ether oxygens (including phenoxy) is 1. The van der Waals surface area contributed by atoms with Crippen LogP contribution in [0.5, 0.6) is 0 Å². The van der Waals surface area contributed by atoms with Gasteiger partial charge in [0.2, 0.25) is 0 Å². The van der Waals surface area contributed by atoms with Gasteiger partial charge < -0.3 is 9.64 Å².